The molecule has 100 valence electrons. The van der Waals surface area contributed by atoms with Gasteiger partial charge in [0.05, 0.1) is 0 Å². The predicted molar refractivity (Wildman–Crippen MR) is 80.2 cm³/mol. The van der Waals surface area contributed by atoms with Gasteiger partial charge in [-0.2, -0.15) is 0 Å². The lowest BCUT2D eigenvalue weighted by atomic mass is 10.1. The van der Waals surface area contributed by atoms with Gasteiger partial charge >= 0.3 is 0 Å². The quantitative estimate of drug-likeness (QED) is 0.458. The summed E-state index contributed by atoms with van der Waals surface area (Å²) in [7, 11) is 0. The number of anilines is 1. The highest BCUT2D eigenvalue weighted by molar-refractivity contribution is 5.92. The zero-order valence-corrected chi connectivity index (χ0v) is 11.8. The third-order valence-corrected chi connectivity index (χ3v) is 3.07. The molecule has 0 fully saturated rings. The third-order valence-electron chi connectivity index (χ3n) is 3.07. The Morgan fingerprint density at radius 1 is 1.17 bits per heavy atom. The molecule has 0 aliphatic heterocycles. The van der Waals surface area contributed by atoms with E-state index in [0.717, 1.165) is 18.7 Å². The van der Waals surface area contributed by atoms with Crippen molar-refractivity contribution in [2.75, 3.05) is 11.9 Å². The summed E-state index contributed by atoms with van der Waals surface area (Å²) >= 11 is 0. The van der Waals surface area contributed by atoms with Crippen LogP contribution < -0.4 is 11.1 Å². The van der Waals surface area contributed by atoms with Crippen LogP contribution in [-0.2, 0) is 0 Å². The van der Waals surface area contributed by atoms with Gasteiger partial charge in [-0.1, -0.05) is 32.3 Å². The summed E-state index contributed by atoms with van der Waals surface area (Å²) in [5.74, 6) is 0.509. The smallest absolute Gasteiger partial charge is 0.193 e. The van der Waals surface area contributed by atoms with E-state index in [4.69, 9.17) is 5.73 Å². The van der Waals surface area contributed by atoms with Gasteiger partial charge in [0.15, 0.2) is 5.96 Å². The number of hydrogen-bond acceptors (Lipinski definition) is 1. The maximum Gasteiger partial charge on any atom is 0.193 e. The maximum absolute atomic E-state index is 5.85. The zero-order valence-electron chi connectivity index (χ0n) is 11.8. The first-order chi connectivity index (χ1) is 8.63. The number of nitrogens with two attached hydrogens (primary N) is 1. The topological polar surface area (TPSA) is 50.4 Å². The number of guanidine groups is 1. The first-order valence-electron chi connectivity index (χ1n) is 6.77. The fourth-order valence-electron chi connectivity index (χ4n) is 1.74. The highest BCUT2D eigenvalue weighted by atomic mass is 15.1. The Hall–Kier alpha value is -1.51. The van der Waals surface area contributed by atoms with Crippen LogP contribution in [-0.4, -0.2) is 12.5 Å². The minimum Gasteiger partial charge on any atom is -0.370 e. The van der Waals surface area contributed by atoms with Gasteiger partial charge in [-0.15, -0.1) is 0 Å². The van der Waals surface area contributed by atoms with Crippen LogP contribution in [0, 0.1) is 13.8 Å². The lowest BCUT2D eigenvalue weighted by molar-refractivity contribution is 0.675. The lowest BCUT2D eigenvalue weighted by Gasteiger charge is -2.08. The molecule has 3 nitrogen and oxygen atoms in total. The summed E-state index contributed by atoms with van der Waals surface area (Å²) in [5.41, 5.74) is 9.40. The monoisotopic (exact) mass is 247 g/mol. The average molecular weight is 247 g/mol. The van der Waals surface area contributed by atoms with Crippen LogP contribution in [0.1, 0.15) is 43.7 Å². The number of aliphatic imine (C=N–C) groups is 1. The van der Waals surface area contributed by atoms with Crippen LogP contribution in [0.5, 0.6) is 0 Å². The van der Waals surface area contributed by atoms with Crippen LogP contribution in [0.2, 0.25) is 0 Å². The van der Waals surface area contributed by atoms with Gasteiger partial charge in [0.2, 0.25) is 0 Å². The summed E-state index contributed by atoms with van der Waals surface area (Å²) < 4.78 is 0. The molecule has 0 saturated carbocycles. The van der Waals surface area contributed by atoms with Crippen LogP contribution >= 0.6 is 0 Å². The molecule has 3 heteroatoms. The van der Waals surface area contributed by atoms with Crippen LogP contribution in [0.3, 0.4) is 0 Å². The highest BCUT2D eigenvalue weighted by Gasteiger charge is 1.97. The summed E-state index contributed by atoms with van der Waals surface area (Å²) in [4.78, 5) is 4.33. The van der Waals surface area contributed by atoms with Crippen molar-refractivity contribution in [3.05, 3.63) is 29.3 Å². The fourth-order valence-corrected chi connectivity index (χ4v) is 1.74. The molecular weight excluding hydrogens is 222 g/mol. The van der Waals surface area contributed by atoms with E-state index in [1.54, 1.807) is 0 Å². The van der Waals surface area contributed by atoms with Crippen LogP contribution in [0.25, 0.3) is 0 Å². The van der Waals surface area contributed by atoms with Crippen molar-refractivity contribution in [2.24, 2.45) is 10.7 Å². The summed E-state index contributed by atoms with van der Waals surface area (Å²) in [5, 5.41) is 3.13. The predicted octanol–water partition coefficient (Wildman–Crippen LogP) is 3.61. The Kier molecular flexibility index (Phi) is 6.26. The number of nitrogens with zero attached hydrogens (tertiary/aromatic N) is 1. The van der Waals surface area contributed by atoms with E-state index in [0.29, 0.717) is 5.96 Å². The van der Waals surface area contributed by atoms with Gasteiger partial charge in [-0.25, -0.2) is 0 Å². The summed E-state index contributed by atoms with van der Waals surface area (Å²) in [6, 6.07) is 6.21. The molecule has 0 heterocycles. The van der Waals surface area contributed by atoms with Crippen molar-refractivity contribution in [3.8, 4) is 0 Å². The Balaban J connectivity index is 2.40. The molecular formula is C15H25N3. The Labute approximate surface area is 111 Å². The van der Waals surface area contributed by atoms with Crippen LogP contribution in [0.4, 0.5) is 5.69 Å². The van der Waals surface area contributed by atoms with Crippen molar-refractivity contribution >= 4 is 11.6 Å². The van der Waals surface area contributed by atoms with E-state index in [1.807, 2.05) is 6.07 Å². The van der Waals surface area contributed by atoms with E-state index in [1.165, 1.54) is 30.4 Å². The average Bonchev–Trinajstić information content (AvgIpc) is 2.34. The molecule has 3 N–H and O–H groups in total. The highest BCUT2D eigenvalue weighted by Crippen LogP contribution is 2.13. The maximum atomic E-state index is 5.85. The SMILES string of the molecule is CCCCCCN=C(N)Nc1ccc(C)c(C)c1. The first-order valence-corrected chi connectivity index (χ1v) is 6.77. The van der Waals surface area contributed by atoms with Crippen LogP contribution in [0.15, 0.2) is 23.2 Å². The molecule has 0 aromatic heterocycles. The standard InChI is InChI=1S/C15H25N3/c1-4-5-6-7-10-17-15(16)18-14-9-8-12(2)13(3)11-14/h8-9,11H,4-7,10H2,1-3H3,(H3,16,17,18). The van der Waals surface area contributed by atoms with Gasteiger partial charge in [-0.05, 0) is 43.5 Å². The molecule has 18 heavy (non-hydrogen) atoms. The van der Waals surface area contributed by atoms with Gasteiger partial charge in [0.1, 0.15) is 0 Å². The molecule has 0 radical (unpaired) electrons. The van der Waals surface area contributed by atoms with Gasteiger partial charge in [-0.3, -0.25) is 4.99 Å². The Bertz CT molecular complexity index is 397. The first kappa shape index (κ1) is 14.6. The second kappa shape index (κ2) is 7.75. The van der Waals surface area contributed by atoms with Crippen molar-refractivity contribution in [3.63, 3.8) is 0 Å². The van der Waals surface area contributed by atoms with E-state index in [-0.39, 0.29) is 0 Å². The Morgan fingerprint density at radius 3 is 2.61 bits per heavy atom. The van der Waals surface area contributed by atoms with Crippen molar-refractivity contribution < 1.29 is 0 Å². The van der Waals surface area contributed by atoms with E-state index in [2.05, 4.69) is 43.2 Å². The van der Waals surface area contributed by atoms with Crippen molar-refractivity contribution in [1.82, 2.24) is 0 Å². The van der Waals surface area contributed by atoms with Crippen molar-refractivity contribution in [1.29, 1.82) is 0 Å². The van der Waals surface area contributed by atoms with E-state index < -0.39 is 0 Å². The zero-order chi connectivity index (χ0) is 13.4. The normalized spacial score (nSPS) is 11.6. The fraction of sp³-hybridized carbons (Fsp3) is 0.533. The molecule has 0 aliphatic carbocycles. The summed E-state index contributed by atoms with van der Waals surface area (Å²) in [6.45, 7) is 7.21. The minimum absolute atomic E-state index is 0.509. The summed E-state index contributed by atoms with van der Waals surface area (Å²) in [6.07, 6.45) is 4.88. The second-order valence-corrected chi connectivity index (χ2v) is 4.75. The van der Waals surface area contributed by atoms with Gasteiger partial charge < -0.3 is 11.1 Å². The molecule has 0 saturated heterocycles. The van der Waals surface area contributed by atoms with E-state index in [9.17, 15) is 0 Å². The molecule has 0 aliphatic rings. The molecule has 0 unspecified atom stereocenters. The number of aryl methyl sites for hydroxylation is 2. The minimum atomic E-state index is 0.509. The molecule has 1 aromatic rings. The molecule has 0 bridgehead atoms. The van der Waals surface area contributed by atoms with Gasteiger partial charge in [0, 0.05) is 12.2 Å². The number of nitrogens with one attached hydrogen (secondary N) is 1. The molecule has 0 amide bonds. The lowest BCUT2D eigenvalue weighted by Crippen LogP contribution is -2.22. The number of rotatable bonds is 6. The number of unbranched alkanes of at least 4 members (excludes halogenated alkanes) is 3. The largest absolute Gasteiger partial charge is 0.370 e. The number of hydrogen-bond donors (Lipinski definition) is 2. The molecule has 1 aromatic carbocycles. The van der Waals surface area contributed by atoms with Gasteiger partial charge in [0.25, 0.3) is 0 Å². The molecule has 0 atom stereocenters. The molecule has 1 rings (SSSR count). The number of benzene rings is 1. The third kappa shape index (κ3) is 5.21. The molecule has 0 spiro atoms. The van der Waals surface area contributed by atoms with Crippen molar-refractivity contribution in [2.45, 2.75) is 46.5 Å². The second-order valence-electron chi connectivity index (χ2n) is 4.75. The van der Waals surface area contributed by atoms with E-state index >= 15 is 0 Å². The Morgan fingerprint density at radius 2 is 1.94 bits per heavy atom.